The first-order valence-corrected chi connectivity index (χ1v) is 5.30. The molecule has 1 heterocycles. The van der Waals surface area contributed by atoms with Gasteiger partial charge in [0.25, 0.3) is 0 Å². The van der Waals surface area contributed by atoms with Crippen LogP contribution in [0, 0.1) is 0 Å². The summed E-state index contributed by atoms with van der Waals surface area (Å²) in [6, 6.07) is 9.78. The van der Waals surface area contributed by atoms with Crippen molar-refractivity contribution < 1.29 is 0 Å². The summed E-state index contributed by atoms with van der Waals surface area (Å²) in [5, 5.41) is 2.06. The van der Waals surface area contributed by atoms with Crippen LogP contribution < -0.4 is 11.5 Å². The fourth-order valence-corrected chi connectivity index (χ4v) is 2.13. The maximum absolute atomic E-state index is 5.86. The molecule has 0 unspecified atom stereocenters. The molecule has 2 rings (SSSR count). The third kappa shape index (κ3) is 2.64. The van der Waals surface area contributed by atoms with Gasteiger partial charge < -0.3 is 11.5 Å². The quantitative estimate of drug-likeness (QED) is 0.793. The molecule has 0 radical (unpaired) electrons. The number of hydrogen-bond acceptors (Lipinski definition) is 3. The van der Waals surface area contributed by atoms with E-state index in [9.17, 15) is 0 Å². The molecule has 4 N–H and O–H groups in total. The molecule has 0 bridgehead atoms. The van der Waals surface area contributed by atoms with Crippen molar-refractivity contribution in [2.45, 2.75) is 6.42 Å². The highest BCUT2D eigenvalue weighted by molar-refractivity contribution is 7.09. The normalized spacial score (nSPS) is 9.60. The fourth-order valence-electron chi connectivity index (χ4n) is 1.41. The van der Waals surface area contributed by atoms with Gasteiger partial charge in [-0.3, -0.25) is 0 Å². The highest BCUT2D eigenvalue weighted by Crippen LogP contribution is 2.24. The molecule has 15 heavy (non-hydrogen) atoms. The van der Waals surface area contributed by atoms with E-state index in [0.29, 0.717) is 0 Å². The van der Waals surface area contributed by atoms with E-state index in [0.717, 1.165) is 23.4 Å². The van der Waals surface area contributed by atoms with Crippen LogP contribution in [0.3, 0.4) is 0 Å². The molecule has 1 aromatic heterocycles. The van der Waals surface area contributed by atoms with E-state index in [1.165, 1.54) is 4.88 Å². The van der Waals surface area contributed by atoms with E-state index in [1.54, 1.807) is 11.3 Å². The average molecular weight is 241 g/mol. The molecule has 2 aromatic rings. The lowest BCUT2D eigenvalue weighted by Crippen LogP contribution is -1.99. The van der Waals surface area contributed by atoms with Crippen molar-refractivity contribution in [2.75, 3.05) is 11.5 Å². The van der Waals surface area contributed by atoms with Crippen LogP contribution in [-0.2, 0) is 6.42 Å². The van der Waals surface area contributed by atoms with Crippen LogP contribution in [0.2, 0.25) is 0 Å². The first-order valence-electron chi connectivity index (χ1n) is 4.42. The standard InChI is InChI=1S/C11H12N2S.ClH/c12-10-4-1-5-11(13)9(10)7-8-3-2-6-14-8;/h1-6H,7,12-13H2;1H. The average Bonchev–Trinajstić information content (AvgIpc) is 2.64. The maximum Gasteiger partial charge on any atom is 0.0371 e. The SMILES string of the molecule is Cl.Nc1cccc(N)c1Cc1cccs1. The molecule has 0 aliphatic carbocycles. The second-order valence-corrected chi connectivity index (χ2v) is 4.20. The molecule has 4 heteroatoms. The predicted octanol–water partition coefficient (Wildman–Crippen LogP) is 2.93. The number of halogens is 1. The molecule has 0 atom stereocenters. The molecular formula is C11H13ClN2S. The minimum atomic E-state index is 0. The van der Waals surface area contributed by atoms with E-state index in [-0.39, 0.29) is 12.4 Å². The van der Waals surface area contributed by atoms with Gasteiger partial charge in [0, 0.05) is 28.2 Å². The van der Waals surface area contributed by atoms with Crippen molar-refractivity contribution in [3.8, 4) is 0 Å². The monoisotopic (exact) mass is 240 g/mol. The molecule has 0 saturated heterocycles. The van der Waals surface area contributed by atoms with Gasteiger partial charge in [0.2, 0.25) is 0 Å². The van der Waals surface area contributed by atoms with Gasteiger partial charge in [-0.15, -0.1) is 23.7 Å². The number of rotatable bonds is 2. The first-order chi connectivity index (χ1) is 6.77. The molecule has 80 valence electrons. The predicted molar refractivity (Wildman–Crippen MR) is 69.6 cm³/mol. The van der Waals surface area contributed by atoms with E-state index in [2.05, 4.69) is 11.4 Å². The van der Waals surface area contributed by atoms with Crippen molar-refractivity contribution in [2.24, 2.45) is 0 Å². The maximum atomic E-state index is 5.86. The Balaban J connectivity index is 0.00000112. The van der Waals surface area contributed by atoms with Crippen molar-refractivity contribution in [1.29, 1.82) is 0 Å². The third-order valence-corrected chi connectivity index (χ3v) is 3.06. The van der Waals surface area contributed by atoms with Crippen LogP contribution in [-0.4, -0.2) is 0 Å². The summed E-state index contributed by atoms with van der Waals surface area (Å²) < 4.78 is 0. The first kappa shape index (κ1) is 11.9. The number of benzene rings is 1. The van der Waals surface area contributed by atoms with Gasteiger partial charge in [0.05, 0.1) is 0 Å². The van der Waals surface area contributed by atoms with E-state index >= 15 is 0 Å². The van der Waals surface area contributed by atoms with Gasteiger partial charge in [0.1, 0.15) is 0 Å². The summed E-state index contributed by atoms with van der Waals surface area (Å²) in [4.78, 5) is 1.29. The molecule has 0 saturated carbocycles. The molecule has 0 fully saturated rings. The van der Waals surface area contributed by atoms with Gasteiger partial charge in [-0.25, -0.2) is 0 Å². The summed E-state index contributed by atoms with van der Waals surface area (Å²) in [6.45, 7) is 0. The Hall–Kier alpha value is -1.19. The number of thiophene rings is 1. The number of anilines is 2. The van der Waals surface area contributed by atoms with Gasteiger partial charge in [-0.1, -0.05) is 12.1 Å². The Bertz CT molecular complexity index is 406. The van der Waals surface area contributed by atoms with Crippen LogP contribution in [0.4, 0.5) is 11.4 Å². The van der Waals surface area contributed by atoms with Gasteiger partial charge >= 0.3 is 0 Å². The van der Waals surface area contributed by atoms with Crippen molar-refractivity contribution >= 4 is 35.1 Å². The Labute approximate surface area is 99.3 Å². The highest BCUT2D eigenvalue weighted by Gasteiger charge is 2.04. The van der Waals surface area contributed by atoms with E-state index in [1.807, 2.05) is 24.3 Å². The molecule has 0 aliphatic heterocycles. The second kappa shape index (κ2) is 5.05. The smallest absolute Gasteiger partial charge is 0.0371 e. The van der Waals surface area contributed by atoms with Gasteiger partial charge in [-0.05, 0) is 23.6 Å². The number of hydrogen-bond donors (Lipinski definition) is 2. The summed E-state index contributed by atoms with van der Waals surface area (Å²) in [5.41, 5.74) is 14.3. The van der Waals surface area contributed by atoms with Crippen LogP contribution in [0.15, 0.2) is 35.7 Å². The van der Waals surface area contributed by atoms with E-state index in [4.69, 9.17) is 11.5 Å². The second-order valence-electron chi connectivity index (χ2n) is 3.17. The van der Waals surface area contributed by atoms with Crippen molar-refractivity contribution in [3.63, 3.8) is 0 Å². The third-order valence-electron chi connectivity index (χ3n) is 2.18. The Morgan fingerprint density at radius 2 is 1.67 bits per heavy atom. The largest absolute Gasteiger partial charge is 0.398 e. The van der Waals surface area contributed by atoms with Gasteiger partial charge in [-0.2, -0.15) is 0 Å². The minimum Gasteiger partial charge on any atom is -0.398 e. The molecule has 0 spiro atoms. The molecule has 0 aliphatic rings. The highest BCUT2D eigenvalue weighted by atomic mass is 35.5. The number of nitrogen functional groups attached to an aromatic ring is 2. The zero-order valence-electron chi connectivity index (χ0n) is 8.14. The van der Waals surface area contributed by atoms with Gasteiger partial charge in [0.15, 0.2) is 0 Å². The lowest BCUT2D eigenvalue weighted by molar-refractivity contribution is 1.25. The zero-order chi connectivity index (χ0) is 9.97. The fraction of sp³-hybridized carbons (Fsp3) is 0.0909. The van der Waals surface area contributed by atoms with Crippen molar-refractivity contribution in [3.05, 3.63) is 46.2 Å². The Morgan fingerprint density at radius 3 is 2.20 bits per heavy atom. The van der Waals surface area contributed by atoms with Crippen LogP contribution in [0.1, 0.15) is 10.4 Å². The summed E-state index contributed by atoms with van der Waals surface area (Å²) in [7, 11) is 0. The minimum absolute atomic E-state index is 0. The molecule has 2 nitrogen and oxygen atoms in total. The lowest BCUT2D eigenvalue weighted by atomic mass is 10.1. The van der Waals surface area contributed by atoms with Crippen LogP contribution >= 0.6 is 23.7 Å². The van der Waals surface area contributed by atoms with Crippen LogP contribution in [0.5, 0.6) is 0 Å². The molecule has 0 amide bonds. The van der Waals surface area contributed by atoms with Crippen LogP contribution in [0.25, 0.3) is 0 Å². The lowest BCUT2D eigenvalue weighted by Gasteiger charge is -2.07. The molecule has 1 aromatic carbocycles. The zero-order valence-corrected chi connectivity index (χ0v) is 9.78. The van der Waals surface area contributed by atoms with Crippen molar-refractivity contribution in [1.82, 2.24) is 0 Å². The number of nitrogens with two attached hydrogens (primary N) is 2. The summed E-state index contributed by atoms with van der Waals surface area (Å²) in [6.07, 6.45) is 0.830. The Kier molecular flexibility index (Phi) is 4.00. The molecular weight excluding hydrogens is 228 g/mol. The summed E-state index contributed by atoms with van der Waals surface area (Å²) in [5.74, 6) is 0. The topological polar surface area (TPSA) is 52.0 Å². The van der Waals surface area contributed by atoms with E-state index < -0.39 is 0 Å². The summed E-state index contributed by atoms with van der Waals surface area (Å²) >= 11 is 1.72. The Morgan fingerprint density at radius 1 is 1.00 bits per heavy atom.